The normalized spacial score (nSPS) is 15.4. The van der Waals surface area contributed by atoms with E-state index in [0.717, 1.165) is 54.6 Å². The van der Waals surface area contributed by atoms with Crippen molar-refractivity contribution in [2.24, 2.45) is 0 Å². The molecule has 4 rings (SSSR count). The lowest BCUT2D eigenvalue weighted by Gasteiger charge is -2.13. The van der Waals surface area contributed by atoms with Crippen molar-refractivity contribution in [3.63, 3.8) is 0 Å². The minimum absolute atomic E-state index is 0.0648. The van der Waals surface area contributed by atoms with Gasteiger partial charge in [0.15, 0.2) is 5.65 Å². The summed E-state index contributed by atoms with van der Waals surface area (Å²) in [5, 5.41) is 11.8. The molecule has 1 aliphatic heterocycles. The largest absolute Gasteiger partial charge is 0.354 e. The quantitative estimate of drug-likeness (QED) is 0.409. The van der Waals surface area contributed by atoms with Gasteiger partial charge in [0.25, 0.3) is 0 Å². The first-order valence-electron chi connectivity index (χ1n) is 10.9. The predicted octanol–water partition coefficient (Wildman–Crippen LogP) is 2.06. The lowest BCUT2D eigenvalue weighted by Crippen LogP contribution is -2.19. The third-order valence-corrected chi connectivity index (χ3v) is 5.49. The van der Waals surface area contributed by atoms with Crippen LogP contribution in [0.5, 0.6) is 0 Å². The number of carbonyl (C=O) groups is 1. The Labute approximate surface area is 183 Å². The number of aromatic nitrogens is 4. The summed E-state index contributed by atoms with van der Waals surface area (Å²) in [6.45, 7) is 6.63. The van der Waals surface area contributed by atoms with Crippen LogP contribution >= 0.6 is 0 Å². The van der Waals surface area contributed by atoms with Gasteiger partial charge in [0, 0.05) is 25.0 Å². The molecule has 0 aliphatic carbocycles. The molecule has 161 valence electrons. The Morgan fingerprint density at radius 2 is 2.13 bits per heavy atom. The smallest absolute Gasteiger partial charge is 0.238 e. The van der Waals surface area contributed by atoms with Crippen LogP contribution in [0.1, 0.15) is 36.9 Å². The lowest BCUT2D eigenvalue weighted by atomic mass is 9.72. The third-order valence-electron chi connectivity index (χ3n) is 5.49. The maximum Gasteiger partial charge on any atom is 0.238 e. The van der Waals surface area contributed by atoms with E-state index in [1.807, 2.05) is 37.1 Å². The van der Waals surface area contributed by atoms with Gasteiger partial charge in [0.2, 0.25) is 11.9 Å². The van der Waals surface area contributed by atoms with Crippen LogP contribution in [0, 0.1) is 0 Å². The fraction of sp³-hybridized carbons (Fsp3) is 0.455. The highest BCUT2D eigenvalue weighted by molar-refractivity contribution is 6.52. The molecule has 0 spiro atoms. The molecule has 1 unspecified atom stereocenters. The molecule has 1 radical (unpaired) electrons. The van der Waals surface area contributed by atoms with Gasteiger partial charge in [-0.3, -0.25) is 9.48 Å². The molecule has 0 saturated carbocycles. The Kier molecular flexibility index (Phi) is 6.22. The van der Waals surface area contributed by atoms with E-state index in [0.29, 0.717) is 17.3 Å². The molecule has 8 nitrogen and oxygen atoms in total. The zero-order chi connectivity index (χ0) is 22.0. The zero-order valence-corrected chi connectivity index (χ0v) is 18.6. The third kappa shape index (κ3) is 4.41. The molecule has 9 heteroatoms. The minimum Gasteiger partial charge on any atom is -0.354 e. The number of anilines is 2. The molecule has 1 aliphatic rings. The molecule has 1 amide bonds. The molecular weight excluding hydrogens is 389 g/mol. The maximum absolute atomic E-state index is 13.0. The number of fused-ring (bicyclic) bond motifs is 2. The van der Waals surface area contributed by atoms with E-state index in [9.17, 15) is 4.79 Å². The van der Waals surface area contributed by atoms with Gasteiger partial charge in [-0.05, 0) is 45.1 Å². The summed E-state index contributed by atoms with van der Waals surface area (Å²) in [6, 6.07) is 6.03. The van der Waals surface area contributed by atoms with E-state index < -0.39 is 5.92 Å². The number of aryl methyl sites for hydroxylation is 1. The lowest BCUT2D eigenvalue weighted by molar-refractivity contribution is -0.116. The van der Waals surface area contributed by atoms with Crippen molar-refractivity contribution < 1.29 is 4.79 Å². The number of nitrogens with zero attached hydrogens (tertiary/aromatic N) is 5. The van der Waals surface area contributed by atoms with Crippen molar-refractivity contribution in [3.05, 3.63) is 35.7 Å². The highest BCUT2D eigenvalue weighted by Gasteiger charge is 2.35. The molecular formula is C22H29BN7O. The monoisotopic (exact) mass is 418 g/mol. The molecule has 31 heavy (non-hydrogen) atoms. The van der Waals surface area contributed by atoms with Gasteiger partial charge in [-0.1, -0.05) is 31.3 Å². The molecule has 1 atom stereocenters. The zero-order valence-electron chi connectivity index (χ0n) is 18.6. The van der Waals surface area contributed by atoms with Crippen LogP contribution in [-0.2, 0) is 11.3 Å². The number of hydrogen-bond acceptors (Lipinski definition) is 6. The van der Waals surface area contributed by atoms with E-state index in [4.69, 9.17) is 4.98 Å². The minimum atomic E-state index is -0.484. The standard InChI is InChI=1S/C22H29BN7O/c1-5-10-30-13-16-19(18-15-12-14(23-2)7-8-17(15)25-21(18)31)26-22(27-20(16)28-30)24-9-6-11-29(3)4/h7-8,12-13,18H,5-6,9-11H2,1-4H3,(H,25,31)(H,24,27,28). The van der Waals surface area contributed by atoms with Crippen LogP contribution in [-0.4, -0.2) is 65.0 Å². The molecule has 0 fully saturated rings. The molecule has 3 aromatic rings. The summed E-state index contributed by atoms with van der Waals surface area (Å²) in [7, 11) is 6.14. The van der Waals surface area contributed by atoms with Crippen molar-refractivity contribution in [1.29, 1.82) is 0 Å². The van der Waals surface area contributed by atoms with Crippen molar-refractivity contribution >= 4 is 41.3 Å². The van der Waals surface area contributed by atoms with E-state index >= 15 is 0 Å². The Bertz CT molecular complexity index is 1090. The Balaban J connectivity index is 1.76. The van der Waals surface area contributed by atoms with Gasteiger partial charge in [-0.25, -0.2) is 4.98 Å². The van der Waals surface area contributed by atoms with E-state index in [1.54, 1.807) is 0 Å². The van der Waals surface area contributed by atoms with Crippen LogP contribution in [0.15, 0.2) is 24.4 Å². The first-order valence-corrected chi connectivity index (χ1v) is 10.9. The number of rotatable bonds is 9. The van der Waals surface area contributed by atoms with Gasteiger partial charge >= 0.3 is 0 Å². The SMILES string of the molecule is C[B]c1ccc2c(c1)C(c1nc(NCCCN(C)C)nc3nn(CCC)cc13)C(=O)N2. The summed E-state index contributed by atoms with van der Waals surface area (Å²) in [5.41, 5.74) is 4.19. The second-order valence-electron chi connectivity index (χ2n) is 8.20. The second kappa shape index (κ2) is 9.05. The molecule has 2 N–H and O–H groups in total. The van der Waals surface area contributed by atoms with Gasteiger partial charge in [0.05, 0.1) is 11.1 Å². The average Bonchev–Trinajstić information content (AvgIpc) is 3.29. The Hall–Kier alpha value is -2.94. The first kappa shape index (κ1) is 21.3. The number of amides is 1. The fourth-order valence-corrected chi connectivity index (χ4v) is 3.94. The van der Waals surface area contributed by atoms with Crippen LogP contribution in [0.3, 0.4) is 0 Å². The van der Waals surface area contributed by atoms with Gasteiger partial charge in [-0.15, -0.1) is 0 Å². The summed E-state index contributed by atoms with van der Waals surface area (Å²) in [5.74, 6) is -0.0329. The number of nitrogens with one attached hydrogen (secondary N) is 2. The maximum atomic E-state index is 13.0. The van der Waals surface area contributed by atoms with E-state index in [-0.39, 0.29) is 5.91 Å². The average molecular weight is 418 g/mol. The van der Waals surface area contributed by atoms with Crippen LogP contribution in [0.25, 0.3) is 11.0 Å². The summed E-state index contributed by atoms with van der Waals surface area (Å²) < 4.78 is 1.89. The number of carbonyl (C=O) groups excluding carboxylic acids is 1. The highest BCUT2D eigenvalue weighted by Crippen LogP contribution is 2.38. The van der Waals surface area contributed by atoms with Gasteiger partial charge in [0.1, 0.15) is 13.2 Å². The second-order valence-corrected chi connectivity index (χ2v) is 8.20. The van der Waals surface area contributed by atoms with Crippen molar-refractivity contribution in [3.8, 4) is 0 Å². The highest BCUT2D eigenvalue weighted by atomic mass is 16.2. The van der Waals surface area contributed by atoms with Crippen LogP contribution < -0.4 is 16.1 Å². The van der Waals surface area contributed by atoms with Crippen molar-refractivity contribution in [2.75, 3.05) is 37.8 Å². The molecule has 3 heterocycles. The topological polar surface area (TPSA) is 88.0 Å². The molecule has 0 bridgehead atoms. The van der Waals surface area contributed by atoms with Gasteiger partial charge in [-0.2, -0.15) is 10.1 Å². The van der Waals surface area contributed by atoms with E-state index in [1.165, 1.54) is 0 Å². The predicted molar refractivity (Wildman–Crippen MR) is 125 cm³/mol. The van der Waals surface area contributed by atoms with Gasteiger partial charge < -0.3 is 15.5 Å². The van der Waals surface area contributed by atoms with E-state index in [2.05, 4.69) is 52.7 Å². The molecule has 2 aromatic heterocycles. The summed E-state index contributed by atoms with van der Waals surface area (Å²) in [6.07, 6.45) is 3.90. The fourth-order valence-electron chi connectivity index (χ4n) is 3.94. The Morgan fingerprint density at radius 1 is 1.29 bits per heavy atom. The van der Waals surface area contributed by atoms with Crippen molar-refractivity contribution in [2.45, 2.75) is 39.1 Å². The van der Waals surface area contributed by atoms with Crippen molar-refractivity contribution in [1.82, 2.24) is 24.6 Å². The first-order chi connectivity index (χ1) is 15.0. The van der Waals surface area contributed by atoms with Crippen LogP contribution in [0.2, 0.25) is 6.82 Å². The number of benzene rings is 1. The molecule has 1 aromatic carbocycles. The van der Waals surface area contributed by atoms with Crippen LogP contribution in [0.4, 0.5) is 11.6 Å². The summed E-state index contributed by atoms with van der Waals surface area (Å²) >= 11 is 0. The Morgan fingerprint density at radius 3 is 2.87 bits per heavy atom. The number of hydrogen-bond donors (Lipinski definition) is 2. The molecule has 0 saturated heterocycles. The summed E-state index contributed by atoms with van der Waals surface area (Å²) in [4.78, 5) is 24.6.